The second-order valence-electron chi connectivity index (χ2n) is 3.59. The monoisotopic (exact) mass is 192 g/mol. The van der Waals surface area contributed by atoms with Crippen molar-refractivity contribution in [2.75, 3.05) is 5.73 Å². The van der Waals surface area contributed by atoms with Crippen LogP contribution < -0.4 is 11.3 Å². The number of anilines is 1. The van der Waals surface area contributed by atoms with Gasteiger partial charge in [0, 0.05) is 12.1 Å². The molecule has 0 saturated heterocycles. The number of nitrogen functional groups attached to an aromatic ring is 1. The molecule has 0 aromatic carbocycles. The molecule has 0 aliphatic carbocycles. The molecule has 2 aromatic heterocycles. The number of rotatable bonds is 1. The van der Waals surface area contributed by atoms with Crippen molar-refractivity contribution in [3.05, 3.63) is 28.4 Å². The van der Waals surface area contributed by atoms with E-state index in [-0.39, 0.29) is 11.5 Å². The zero-order chi connectivity index (χ0) is 10.3. The van der Waals surface area contributed by atoms with Gasteiger partial charge in [0.25, 0.3) is 5.56 Å². The number of nitrogens with two attached hydrogens (primary N) is 1. The van der Waals surface area contributed by atoms with Gasteiger partial charge in [-0.25, -0.2) is 5.10 Å². The molecular weight excluding hydrogens is 180 g/mol. The predicted octanol–water partition coefficient (Wildman–Crippen LogP) is 0.728. The van der Waals surface area contributed by atoms with Crippen molar-refractivity contribution in [3.8, 4) is 0 Å². The maximum absolute atomic E-state index is 11.4. The Balaban J connectivity index is 2.88. The van der Waals surface area contributed by atoms with E-state index in [4.69, 9.17) is 5.73 Å². The van der Waals surface area contributed by atoms with Crippen LogP contribution in [0.3, 0.4) is 0 Å². The lowest BCUT2D eigenvalue weighted by molar-refractivity contribution is 0.712. The van der Waals surface area contributed by atoms with Crippen molar-refractivity contribution >= 4 is 11.2 Å². The van der Waals surface area contributed by atoms with E-state index in [1.807, 2.05) is 13.8 Å². The smallest absolute Gasteiger partial charge is 0.288 e. The molecule has 5 heteroatoms. The summed E-state index contributed by atoms with van der Waals surface area (Å²) in [5.41, 5.74) is 6.53. The largest absolute Gasteiger partial charge is 0.397 e. The highest BCUT2D eigenvalue weighted by Gasteiger charge is 2.09. The molecule has 0 aliphatic heterocycles. The van der Waals surface area contributed by atoms with Gasteiger partial charge in [0.1, 0.15) is 11.3 Å². The minimum absolute atomic E-state index is 0.217. The van der Waals surface area contributed by atoms with Gasteiger partial charge in [-0.3, -0.25) is 9.20 Å². The third kappa shape index (κ3) is 1.17. The Hall–Kier alpha value is -1.78. The first-order valence-corrected chi connectivity index (χ1v) is 4.45. The van der Waals surface area contributed by atoms with Gasteiger partial charge in [-0.15, -0.1) is 0 Å². The second-order valence-corrected chi connectivity index (χ2v) is 3.59. The van der Waals surface area contributed by atoms with Crippen LogP contribution in [-0.4, -0.2) is 14.6 Å². The lowest BCUT2D eigenvalue weighted by atomic mass is 10.2. The van der Waals surface area contributed by atoms with E-state index >= 15 is 0 Å². The van der Waals surface area contributed by atoms with Crippen LogP contribution in [0.4, 0.5) is 5.69 Å². The van der Waals surface area contributed by atoms with Gasteiger partial charge in [-0.1, -0.05) is 13.8 Å². The summed E-state index contributed by atoms with van der Waals surface area (Å²) in [7, 11) is 0. The molecule has 0 unspecified atom stereocenters. The summed E-state index contributed by atoms with van der Waals surface area (Å²) in [6.07, 6.45) is 1.72. The minimum Gasteiger partial charge on any atom is -0.397 e. The number of hydrogen-bond donors (Lipinski definition) is 2. The van der Waals surface area contributed by atoms with Crippen molar-refractivity contribution < 1.29 is 0 Å². The lowest BCUT2D eigenvalue weighted by Gasteiger charge is -2.06. The van der Waals surface area contributed by atoms with Crippen molar-refractivity contribution in [2.24, 2.45) is 0 Å². The number of fused-ring (bicyclic) bond motifs is 1. The van der Waals surface area contributed by atoms with Gasteiger partial charge in [-0.2, -0.15) is 5.10 Å². The standard InChI is InChI=1S/C9H12N4O/c1-5(2)8-11-12-9(14)7-3-6(10)4-13(7)8/h3-5H,10H2,1-2H3,(H,12,14). The van der Waals surface area contributed by atoms with Crippen LogP contribution in [0.1, 0.15) is 25.6 Å². The van der Waals surface area contributed by atoms with Crippen molar-refractivity contribution in [2.45, 2.75) is 19.8 Å². The first-order valence-electron chi connectivity index (χ1n) is 4.45. The molecule has 2 heterocycles. The fourth-order valence-corrected chi connectivity index (χ4v) is 1.47. The van der Waals surface area contributed by atoms with Crippen molar-refractivity contribution in [1.82, 2.24) is 14.6 Å². The Kier molecular flexibility index (Phi) is 1.80. The molecule has 0 radical (unpaired) electrons. The van der Waals surface area contributed by atoms with E-state index in [1.165, 1.54) is 0 Å². The molecule has 2 aromatic rings. The van der Waals surface area contributed by atoms with Crippen LogP contribution in [0.15, 0.2) is 17.1 Å². The molecule has 5 nitrogen and oxygen atoms in total. The molecule has 2 rings (SSSR count). The van der Waals surface area contributed by atoms with Crippen molar-refractivity contribution in [3.63, 3.8) is 0 Å². The van der Waals surface area contributed by atoms with Gasteiger partial charge in [0.2, 0.25) is 0 Å². The normalized spacial score (nSPS) is 11.4. The molecular formula is C9H12N4O. The lowest BCUT2D eigenvalue weighted by Crippen LogP contribution is -2.15. The summed E-state index contributed by atoms with van der Waals surface area (Å²) in [6.45, 7) is 4.02. The van der Waals surface area contributed by atoms with E-state index in [1.54, 1.807) is 16.7 Å². The van der Waals surface area contributed by atoms with Crippen LogP contribution in [0.2, 0.25) is 0 Å². The first kappa shape index (κ1) is 8.80. The Morgan fingerprint density at radius 1 is 1.57 bits per heavy atom. The summed E-state index contributed by atoms with van der Waals surface area (Å²) >= 11 is 0. The highest BCUT2D eigenvalue weighted by molar-refractivity contribution is 5.57. The predicted molar refractivity (Wildman–Crippen MR) is 54.3 cm³/mol. The number of aromatic nitrogens is 3. The minimum atomic E-state index is -0.217. The molecule has 0 saturated carbocycles. The van der Waals surface area contributed by atoms with E-state index in [0.29, 0.717) is 11.2 Å². The number of nitrogens with one attached hydrogen (secondary N) is 1. The molecule has 0 atom stereocenters. The quantitative estimate of drug-likeness (QED) is 0.699. The molecule has 0 spiro atoms. The average Bonchev–Trinajstić information content (AvgIpc) is 2.47. The number of H-pyrrole nitrogens is 1. The van der Waals surface area contributed by atoms with Gasteiger partial charge < -0.3 is 5.73 Å². The fraction of sp³-hybridized carbons (Fsp3) is 0.333. The zero-order valence-electron chi connectivity index (χ0n) is 8.11. The number of aromatic amines is 1. The Bertz CT molecular complexity index is 523. The van der Waals surface area contributed by atoms with Crippen LogP contribution in [0, 0.1) is 0 Å². The van der Waals surface area contributed by atoms with Crippen LogP contribution >= 0.6 is 0 Å². The molecule has 0 bridgehead atoms. The van der Waals surface area contributed by atoms with Crippen molar-refractivity contribution in [1.29, 1.82) is 0 Å². The maximum atomic E-state index is 11.4. The van der Waals surface area contributed by atoms with Crippen LogP contribution in [0.5, 0.6) is 0 Å². The summed E-state index contributed by atoms with van der Waals surface area (Å²) in [5.74, 6) is 1.04. The molecule has 3 N–H and O–H groups in total. The topological polar surface area (TPSA) is 76.2 Å². The SMILES string of the molecule is CC(C)c1n[nH]c(=O)c2cc(N)cn12. The van der Waals surface area contributed by atoms with Gasteiger partial charge >= 0.3 is 0 Å². The molecule has 74 valence electrons. The van der Waals surface area contributed by atoms with E-state index < -0.39 is 0 Å². The maximum Gasteiger partial charge on any atom is 0.288 e. The molecule has 14 heavy (non-hydrogen) atoms. The Morgan fingerprint density at radius 3 is 2.93 bits per heavy atom. The summed E-state index contributed by atoms with van der Waals surface area (Å²) in [5, 5.41) is 6.44. The zero-order valence-corrected chi connectivity index (χ0v) is 8.11. The highest BCUT2D eigenvalue weighted by atomic mass is 16.1. The summed E-state index contributed by atoms with van der Waals surface area (Å²) in [4.78, 5) is 11.4. The Morgan fingerprint density at radius 2 is 2.29 bits per heavy atom. The molecule has 0 aliphatic rings. The Labute approximate surface area is 80.6 Å². The van der Waals surface area contributed by atoms with E-state index in [0.717, 1.165) is 5.82 Å². The number of nitrogens with zero attached hydrogens (tertiary/aromatic N) is 2. The average molecular weight is 192 g/mol. The third-order valence-electron chi connectivity index (χ3n) is 2.11. The third-order valence-corrected chi connectivity index (χ3v) is 2.11. The van der Waals surface area contributed by atoms with Crippen LogP contribution in [-0.2, 0) is 0 Å². The van der Waals surface area contributed by atoms with Crippen LogP contribution in [0.25, 0.3) is 5.52 Å². The summed E-state index contributed by atoms with van der Waals surface area (Å²) < 4.78 is 1.73. The van der Waals surface area contributed by atoms with Gasteiger partial charge in [0.05, 0.1) is 5.69 Å². The number of hydrogen-bond acceptors (Lipinski definition) is 3. The highest BCUT2D eigenvalue weighted by Crippen LogP contribution is 2.14. The molecule has 0 fully saturated rings. The first-order chi connectivity index (χ1) is 6.59. The fourth-order valence-electron chi connectivity index (χ4n) is 1.47. The second kappa shape index (κ2) is 2.87. The van der Waals surface area contributed by atoms with E-state index in [9.17, 15) is 4.79 Å². The van der Waals surface area contributed by atoms with Gasteiger partial charge in [0.15, 0.2) is 0 Å². The van der Waals surface area contributed by atoms with E-state index in [2.05, 4.69) is 10.2 Å². The molecule has 0 amide bonds. The summed E-state index contributed by atoms with van der Waals surface area (Å²) in [6, 6.07) is 1.65. The van der Waals surface area contributed by atoms with Gasteiger partial charge in [-0.05, 0) is 6.07 Å².